The molecule has 1 N–H and O–H groups in total. The Morgan fingerprint density at radius 1 is 0.943 bits per heavy atom. The molecule has 9 nitrogen and oxygen atoms in total. The minimum Gasteiger partial charge on any atom is -0.490 e. The van der Waals surface area contributed by atoms with Crippen LogP contribution in [-0.2, 0) is 18.0 Å². The lowest BCUT2D eigenvalue weighted by molar-refractivity contribution is 0.0727. The third-order valence-electron chi connectivity index (χ3n) is 5.44. The maximum Gasteiger partial charge on any atom is 0.343 e. The molecule has 0 atom stereocenters. The summed E-state index contributed by atoms with van der Waals surface area (Å²) in [6, 6.07) is 15.3. The molecule has 5 rings (SSSR count). The zero-order chi connectivity index (χ0) is 24.2. The van der Waals surface area contributed by atoms with Gasteiger partial charge in [-0.1, -0.05) is 6.07 Å². The first-order valence-electron chi connectivity index (χ1n) is 11.0. The highest BCUT2D eigenvalue weighted by atomic mass is 16.7. The average Bonchev–Trinajstić information content (AvgIpc) is 3.54. The number of fused-ring (bicyclic) bond motifs is 2. The molecular formula is C26H22N2O7. The van der Waals surface area contributed by atoms with Crippen molar-refractivity contribution in [3.63, 3.8) is 0 Å². The van der Waals surface area contributed by atoms with Crippen LogP contribution in [0.2, 0.25) is 0 Å². The standard InChI is InChI=1S/C26H22N2O7/c1-2-32-23-9-16(12-27-28-25(29)17-4-5-19-13-31-14-20(19)10-17)3-7-22(23)35-26(30)18-6-8-21-24(11-18)34-15-33-21/h3-12H,2,13-15H2,1H3,(H,28,29)/b27-12+. The van der Waals surface area contributed by atoms with Crippen molar-refractivity contribution < 1.29 is 33.3 Å². The molecular weight excluding hydrogens is 452 g/mol. The lowest BCUT2D eigenvalue weighted by Crippen LogP contribution is -2.17. The van der Waals surface area contributed by atoms with E-state index in [0.29, 0.717) is 53.8 Å². The van der Waals surface area contributed by atoms with Crippen LogP contribution < -0.4 is 24.4 Å². The summed E-state index contributed by atoms with van der Waals surface area (Å²) in [5, 5.41) is 4.04. The number of esters is 1. The molecule has 0 saturated carbocycles. The van der Waals surface area contributed by atoms with Gasteiger partial charge in [-0.15, -0.1) is 0 Å². The second kappa shape index (κ2) is 9.86. The van der Waals surface area contributed by atoms with E-state index in [4.69, 9.17) is 23.7 Å². The third-order valence-corrected chi connectivity index (χ3v) is 5.44. The quantitative estimate of drug-likeness (QED) is 0.240. The van der Waals surface area contributed by atoms with Crippen LogP contribution in [-0.4, -0.2) is 31.5 Å². The van der Waals surface area contributed by atoms with Crippen molar-refractivity contribution in [3.8, 4) is 23.0 Å². The van der Waals surface area contributed by atoms with Crippen molar-refractivity contribution in [3.05, 3.63) is 82.4 Å². The number of hydrogen-bond donors (Lipinski definition) is 1. The molecule has 0 radical (unpaired) electrons. The molecule has 2 aliphatic heterocycles. The summed E-state index contributed by atoms with van der Waals surface area (Å²) in [6.07, 6.45) is 1.49. The zero-order valence-corrected chi connectivity index (χ0v) is 18.9. The van der Waals surface area contributed by atoms with Crippen molar-refractivity contribution in [1.29, 1.82) is 0 Å². The number of amides is 1. The number of carbonyl (C=O) groups excluding carboxylic acids is 2. The predicted molar refractivity (Wildman–Crippen MR) is 125 cm³/mol. The number of ether oxygens (including phenoxy) is 5. The fraction of sp³-hybridized carbons (Fsp3) is 0.192. The molecule has 9 heteroatoms. The zero-order valence-electron chi connectivity index (χ0n) is 18.9. The summed E-state index contributed by atoms with van der Waals surface area (Å²) < 4.78 is 27.2. The van der Waals surface area contributed by atoms with Crippen molar-refractivity contribution in [2.75, 3.05) is 13.4 Å². The van der Waals surface area contributed by atoms with Gasteiger partial charge in [0.05, 0.1) is 31.6 Å². The molecule has 2 heterocycles. The number of carbonyl (C=O) groups is 2. The van der Waals surface area contributed by atoms with Gasteiger partial charge in [0.15, 0.2) is 23.0 Å². The molecule has 0 saturated heterocycles. The van der Waals surface area contributed by atoms with Gasteiger partial charge in [-0.25, -0.2) is 10.2 Å². The number of nitrogens with zero attached hydrogens (tertiary/aromatic N) is 1. The summed E-state index contributed by atoms with van der Waals surface area (Å²) >= 11 is 0. The minimum atomic E-state index is -0.558. The normalized spacial score (nSPS) is 13.5. The highest BCUT2D eigenvalue weighted by Gasteiger charge is 2.19. The fourth-order valence-corrected chi connectivity index (χ4v) is 3.68. The van der Waals surface area contributed by atoms with Gasteiger partial charge in [-0.2, -0.15) is 5.10 Å². The first-order chi connectivity index (χ1) is 17.1. The molecule has 2 aliphatic rings. The first kappa shape index (κ1) is 22.4. The Kier molecular flexibility index (Phi) is 6.32. The van der Waals surface area contributed by atoms with Gasteiger partial charge >= 0.3 is 5.97 Å². The average molecular weight is 474 g/mol. The van der Waals surface area contributed by atoms with E-state index in [1.165, 1.54) is 6.21 Å². The lowest BCUT2D eigenvalue weighted by atomic mass is 10.1. The minimum absolute atomic E-state index is 0.119. The van der Waals surface area contributed by atoms with Crippen molar-refractivity contribution in [2.45, 2.75) is 20.1 Å². The SMILES string of the molecule is CCOc1cc(/C=N/NC(=O)c2ccc3c(c2)COC3)ccc1OC(=O)c1ccc2c(c1)OCO2. The Morgan fingerprint density at radius 2 is 1.77 bits per heavy atom. The molecule has 178 valence electrons. The summed E-state index contributed by atoms with van der Waals surface area (Å²) in [7, 11) is 0. The van der Waals surface area contributed by atoms with E-state index in [2.05, 4.69) is 10.5 Å². The van der Waals surface area contributed by atoms with Crippen molar-refractivity contribution in [2.24, 2.45) is 5.10 Å². The third kappa shape index (κ3) is 4.95. The molecule has 0 spiro atoms. The Bertz CT molecular complexity index is 1320. The highest BCUT2D eigenvalue weighted by Crippen LogP contribution is 2.34. The van der Waals surface area contributed by atoms with Crippen LogP contribution in [0.4, 0.5) is 0 Å². The monoisotopic (exact) mass is 474 g/mol. The number of benzene rings is 3. The van der Waals surface area contributed by atoms with Crippen LogP contribution in [0.25, 0.3) is 0 Å². The van der Waals surface area contributed by atoms with Crippen LogP contribution >= 0.6 is 0 Å². The van der Waals surface area contributed by atoms with E-state index in [9.17, 15) is 9.59 Å². The maximum atomic E-state index is 12.7. The van der Waals surface area contributed by atoms with Crippen LogP contribution in [0, 0.1) is 0 Å². The van der Waals surface area contributed by atoms with Crippen LogP contribution in [0.5, 0.6) is 23.0 Å². The molecule has 3 aromatic carbocycles. The summed E-state index contributed by atoms with van der Waals surface area (Å²) in [4.78, 5) is 25.1. The molecule has 3 aromatic rings. The predicted octanol–water partition coefficient (Wildman–Crippen LogP) is 3.83. The molecule has 0 unspecified atom stereocenters. The summed E-state index contributed by atoms with van der Waals surface area (Å²) in [5.41, 5.74) is 6.10. The van der Waals surface area contributed by atoms with Gasteiger partial charge in [0.25, 0.3) is 5.91 Å². The van der Waals surface area contributed by atoms with Crippen molar-refractivity contribution in [1.82, 2.24) is 5.43 Å². The molecule has 35 heavy (non-hydrogen) atoms. The molecule has 0 aromatic heterocycles. The lowest BCUT2D eigenvalue weighted by Gasteiger charge is -2.11. The summed E-state index contributed by atoms with van der Waals surface area (Å²) in [5.74, 6) is 0.822. The Hall–Kier alpha value is -4.37. The van der Waals surface area contributed by atoms with Crippen LogP contribution in [0.15, 0.2) is 59.7 Å². The highest BCUT2D eigenvalue weighted by molar-refractivity contribution is 5.95. The number of hydrazone groups is 1. The maximum absolute atomic E-state index is 12.7. The second-order valence-corrected chi connectivity index (χ2v) is 7.77. The van der Waals surface area contributed by atoms with Crippen LogP contribution in [0.3, 0.4) is 0 Å². The van der Waals surface area contributed by atoms with Gasteiger partial charge in [0.1, 0.15) is 0 Å². The van der Waals surface area contributed by atoms with Gasteiger partial charge in [0, 0.05) is 5.56 Å². The smallest absolute Gasteiger partial charge is 0.343 e. The Balaban J connectivity index is 1.26. The largest absolute Gasteiger partial charge is 0.490 e. The van der Waals surface area contributed by atoms with E-state index < -0.39 is 5.97 Å². The van der Waals surface area contributed by atoms with Gasteiger partial charge in [-0.05, 0) is 72.1 Å². The molecule has 0 bridgehead atoms. The molecule has 0 aliphatic carbocycles. The van der Waals surface area contributed by atoms with E-state index in [0.717, 1.165) is 11.1 Å². The van der Waals surface area contributed by atoms with Gasteiger partial charge < -0.3 is 23.7 Å². The second-order valence-electron chi connectivity index (χ2n) is 7.77. The Morgan fingerprint density at radius 3 is 2.66 bits per heavy atom. The van der Waals surface area contributed by atoms with E-state index in [1.54, 1.807) is 42.5 Å². The number of nitrogens with one attached hydrogen (secondary N) is 1. The van der Waals surface area contributed by atoms with Gasteiger partial charge in [0.2, 0.25) is 6.79 Å². The van der Waals surface area contributed by atoms with E-state index in [-0.39, 0.29) is 18.4 Å². The van der Waals surface area contributed by atoms with Gasteiger partial charge in [-0.3, -0.25) is 4.79 Å². The van der Waals surface area contributed by atoms with Crippen LogP contribution in [0.1, 0.15) is 44.3 Å². The van der Waals surface area contributed by atoms with E-state index in [1.807, 2.05) is 19.1 Å². The molecule has 0 fully saturated rings. The molecule has 1 amide bonds. The van der Waals surface area contributed by atoms with Crippen molar-refractivity contribution >= 4 is 18.1 Å². The Labute approximate surface area is 201 Å². The number of hydrogen-bond acceptors (Lipinski definition) is 8. The fourth-order valence-electron chi connectivity index (χ4n) is 3.68. The van der Waals surface area contributed by atoms with E-state index >= 15 is 0 Å². The summed E-state index contributed by atoms with van der Waals surface area (Å²) in [6.45, 7) is 3.39. The topological polar surface area (TPSA) is 105 Å². The number of rotatable bonds is 7. The first-order valence-corrected chi connectivity index (χ1v) is 11.0.